The van der Waals surface area contributed by atoms with Gasteiger partial charge in [-0.3, -0.25) is 0 Å². The van der Waals surface area contributed by atoms with E-state index >= 15 is 0 Å². The molecular weight excluding hydrogens is 156 g/mol. The zero-order valence-electron chi connectivity index (χ0n) is 10.1. The van der Waals surface area contributed by atoms with Gasteiger partial charge < -0.3 is 0 Å². The van der Waals surface area contributed by atoms with E-state index in [1.807, 2.05) is 0 Å². The Morgan fingerprint density at radius 3 is 2.23 bits per heavy atom. The predicted octanol–water partition coefficient (Wildman–Crippen LogP) is 4.49. The third-order valence-corrected chi connectivity index (χ3v) is 3.70. The van der Waals surface area contributed by atoms with E-state index in [1.165, 1.54) is 25.7 Å². The van der Waals surface area contributed by atoms with Gasteiger partial charge in [0.15, 0.2) is 0 Å². The Balaban J connectivity index is 2.54. The van der Waals surface area contributed by atoms with Crippen LogP contribution in [0.5, 0.6) is 0 Å². The molecule has 0 heteroatoms. The third kappa shape index (κ3) is 3.00. The maximum absolute atomic E-state index is 2.45. The molecule has 0 radical (unpaired) electrons. The molecule has 0 spiro atoms. The Labute approximate surface area is 84.1 Å². The molecule has 0 N–H and O–H groups in total. The summed E-state index contributed by atoms with van der Waals surface area (Å²) in [7, 11) is 0. The molecular formula is C13H26. The van der Waals surface area contributed by atoms with E-state index in [0.717, 1.165) is 17.8 Å². The molecule has 0 aromatic heterocycles. The van der Waals surface area contributed by atoms with Gasteiger partial charge in [0.05, 0.1) is 0 Å². The maximum atomic E-state index is 2.45. The van der Waals surface area contributed by atoms with Crippen LogP contribution in [0.3, 0.4) is 0 Å². The molecule has 1 rings (SSSR count). The molecule has 0 nitrogen and oxygen atoms in total. The molecule has 3 unspecified atom stereocenters. The average molecular weight is 182 g/mol. The van der Waals surface area contributed by atoms with E-state index in [9.17, 15) is 0 Å². The molecule has 1 fully saturated rings. The number of hydrogen-bond acceptors (Lipinski definition) is 0. The van der Waals surface area contributed by atoms with Crippen LogP contribution in [0, 0.1) is 23.2 Å². The van der Waals surface area contributed by atoms with Crippen molar-refractivity contribution in [3.05, 3.63) is 0 Å². The lowest BCUT2D eigenvalue weighted by Gasteiger charge is -2.29. The van der Waals surface area contributed by atoms with Crippen LogP contribution in [0.1, 0.15) is 60.3 Å². The molecule has 0 aromatic rings. The van der Waals surface area contributed by atoms with Gasteiger partial charge in [0.1, 0.15) is 0 Å². The summed E-state index contributed by atoms with van der Waals surface area (Å²) in [6, 6.07) is 0. The summed E-state index contributed by atoms with van der Waals surface area (Å²) in [5.74, 6) is 3.00. The van der Waals surface area contributed by atoms with Gasteiger partial charge in [0.25, 0.3) is 0 Å². The number of hydrogen-bond donors (Lipinski definition) is 0. The highest BCUT2D eigenvalue weighted by Crippen LogP contribution is 2.44. The molecule has 3 atom stereocenters. The molecule has 0 aromatic carbocycles. The Hall–Kier alpha value is 0. The van der Waals surface area contributed by atoms with E-state index in [2.05, 4.69) is 34.6 Å². The molecule has 13 heavy (non-hydrogen) atoms. The molecule has 1 aliphatic rings. The van der Waals surface area contributed by atoms with Crippen LogP contribution in [0.2, 0.25) is 0 Å². The van der Waals surface area contributed by atoms with Crippen LogP contribution in [0.4, 0.5) is 0 Å². The standard InChI is InChI=1S/C13H26/c1-6-11-8-7-10(2)12(11)9-13(3,4)5/h10-12H,6-9H2,1-5H3. The molecule has 1 saturated carbocycles. The summed E-state index contributed by atoms with van der Waals surface area (Å²) in [6.07, 6.45) is 5.77. The molecule has 0 saturated heterocycles. The van der Waals surface area contributed by atoms with E-state index in [0.29, 0.717) is 5.41 Å². The highest BCUT2D eigenvalue weighted by atomic mass is 14.4. The first-order chi connectivity index (χ1) is 5.94. The van der Waals surface area contributed by atoms with Gasteiger partial charge in [-0.2, -0.15) is 0 Å². The summed E-state index contributed by atoms with van der Waals surface area (Å²) < 4.78 is 0. The predicted molar refractivity (Wildman–Crippen MR) is 59.7 cm³/mol. The fourth-order valence-corrected chi connectivity index (χ4v) is 2.95. The van der Waals surface area contributed by atoms with E-state index < -0.39 is 0 Å². The van der Waals surface area contributed by atoms with Gasteiger partial charge in [-0.25, -0.2) is 0 Å². The van der Waals surface area contributed by atoms with Crippen LogP contribution in [-0.2, 0) is 0 Å². The van der Waals surface area contributed by atoms with Crippen LogP contribution in [0.25, 0.3) is 0 Å². The maximum Gasteiger partial charge on any atom is -0.0355 e. The minimum absolute atomic E-state index is 0.524. The van der Waals surface area contributed by atoms with Crippen LogP contribution in [0.15, 0.2) is 0 Å². The molecule has 0 bridgehead atoms. The largest absolute Gasteiger partial charge is 0.0651 e. The van der Waals surface area contributed by atoms with Crippen LogP contribution >= 0.6 is 0 Å². The Morgan fingerprint density at radius 2 is 1.77 bits per heavy atom. The minimum Gasteiger partial charge on any atom is -0.0651 e. The molecule has 78 valence electrons. The zero-order valence-corrected chi connectivity index (χ0v) is 10.1. The smallest absolute Gasteiger partial charge is 0.0355 e. The van der Waals surface area contributed by atoms with Crippen molar-refractivity contribution in [1.29, 1.82) is 0 Å². The number of rotatable bonds is 2. The summed E-state index contributed by atoms with van der Waals surface area (Å²) >= 11 is 0. The first-order valence-corrected chi connectivity index (χ1v) is 5.94. The Bertz CT molecular complexity index is 152. The van der Waals surface area contributed by atoms with E-state index in [-0.39, 0.29) is 0 Å². The second-order valence-electron chi connectivity index (χ2n) is 6.15. The van der Waals surface area contributed by atoms with Crippen molar-refractivity contribution in [2.24, 2.45) is 23.2 Å². The molecule has 0 heterocycles. The topological polar surface area (TPSA) is 0 Å². The second-order valence-corrected chi connectivity index (χ2v) is 6.15. The molecule has 1 aliphatic carbocycles. The van der Waals surface area contributed by atoms with Gasteiger partial charge in [0, 0.05) is 0 Å². The fourth-order valence-electron chi connectivity index (χ4n) is 2.95. The van der Waals surface area contributed by atoms with Crippen molar-refractivity contribution >= 4 is 0 Å². The lowest BCUT2D eigenvalue weighted by molar-refractivity contribution is 0.209. The normalized spacial score (nSPS) is 35.3. The molecule has 0 amide bonds. The summed E-state index contributed by atoms with van der Waals surface area (Å²) in [4.78, 5) is 0. The Kier molecular flexibility index (Phi) is 3.43. The van der Waals surface area contributed by atoms with Crippen molar-refractivity contribution < 1.29 is 0 Å². The van der Waals surface area contributed by atoms with Gasteiger partial charge in [0.2, 0.25) is 0 Å². The van der Waals surface area contributed by atoms with Crippen molar-refractivity contribution in [3.8, 4) is 0 Å². The van der Waals surface area contributed by atoms with Crippen molar-refractivity contribution in [2.75, 3.05) is 0 Å². The van der Waals surface area contributed by atoms with Gasteiger partial charge in [-0.1, -0.05) is 47.5 Å². The minimum atomic E-state index is 0.524. The second kappa shape index (κ2) is 4.02. The zero-order chi connectivity index (χ0) is 10.1. The Morgan fingerprint density at radius 1 is 1.15 bits per heavy atom. The highest BCUT2D eigenvalue weighted by molar-refractivity contribution is 4.84. The van der Waals surface area contributed by atoms with Crippen molar-refractivity contribution in [1.82, 2.24) is 0 Å². The quantitative estimate of drug-likeness (QED) is 0.590. The molecule has 0 aliphatic heterocycles. The lowest BCUT2D eigenvalue weighted by atomic mass is 9.76. The SMILES string of the molecule is CCC1CCC(C)C1CC(C)(C)C. The average Bonchev–Trinajstić information content (AvgIpc) is 2.30. The highest BCUT2D eigenvalue weighted by Gasteiger charge is 2.34. The summed E-state index contributed by atoms with van der Waals surface area (Å²) in [5, 5.41) is 0. The third-order valence-electron chi connectivity index (χ3n) is 3.70. The van der Waals surface area contributed by atoms with Gasteiger partial charge in [-0.05, 0) is 36.0 Å². The van der Waals surface area contributed by atoms with Crippen molar-refractivity contribution in [3.63, 3.8) is 0 Å². The fraction of sp³-hybridized carbons (Fsp3) is 1.00. The summed E-state index contributed by atoms with van der Waals surface area (Å²) in [6.45, 7) is 11.9. The first kappa shape index (κ1) is 11.1. The van der Waals surface area contributed by atoms with Crippen LogP contribution < -0.4 is 0 Å². The van der Waals surface area contributed by atoms with E-state index in [4.69, 9.17) is 0 Å². The van der Waals surface area contributed by atoms with Gasteiger partial charge >= 0.3 is 0 Å². The van der Waals surface area contributed by atoms with E-state index in [1.54, 1.807) is 0 Å². The van der Waals surface area contributed by atoms with Crippen molar-refractivity contribution in [2.45, 2.75) is 60.3 Å². The van der Waals surface area contributed by atoms with Crippen LogP contribution in [-0.4, -0.2) is 0 Å². The summed E-state index contributed by atoms with van der Waals surface area (Å²) in [5.41, 5.74) is 0.524. The van der Waals surface area contributed by atoms with Gasteiger partial charge in [-0.15, -0.1) is 0 Å². The monoisotopic (exact) mass is 182 g/mol. The first-order valence-electron chi connectivity index (χ1n) is 5.94. The lowest BCUT2D eigenvalue weighted by Crippen LogP contribution is -2.20.